The number of thioether (sulfide) groups is 1. The molecule has 0 radical (unpaired) electrons. The predicted molar refractivity (Wildman–Crippen MR) is 91.2 cm³/mol. The molecule has 0 bridgehead atoms. The van der Waals surface area contributed by atoms with E-state index in [1.54, 1.807) is 26.0 Å². The van der Waals surface area contributed by atoms with Gasteiger partial charge in [0.1, 0.15) is 5.04 Å². The molecule has 0 atom stereocenters. The molecule has 4 nitrogen and oxygen atoms in total. The Morgan fingerprint density at radius 1 is 0.909 bits per heavy atom. The SMILES string of the molecule is COc1ccc(C2=CSC(c3ccccc3)=NN2)cc1OC. The molecule has 0 amide bonds. The van der Waals surface area contributed by atoms with Gasteiger partial charge < -0.3 is 9.47 Å². The summed E-state index contributed by atoms with van der Waals surface area (Å²) in [6.45, 7) is 0. The summed E-state index contributed by atoms with van der Waals surface area (Å²) in [5.41, 5.74) is 6.14. The van der Waals surface area contributed by atoms with Crippen LogP contribution >= 0.6 is 11.8 Å². The molecule has 5 heteroatoms. The molecular weight excluding hydrogens is 296 g/mol. The summed E-state index contributed by atoms with van der Waals surface area (Å²) in [4.78, 5) is 0. The lowest BCUT2D eigenvalue weighted by Gasteiger charge is -2.16. The molecule has 0 fully saturated rings. The zero-order valence-electron chi connectivity index (χ0n) is 12.4. The van der Waals surface area contributed by atoms with Crippen LogP contribution in [0, 0.1) is 0 Å². The van der Waals surface area contributed by atoms with Crippen LogP contribution in [0.15, 0.2) is 59.0 Å². The first-order valence-electron chi connectivity index (χ1n) is 6.80. The molecule has 0 aliphatic carbocycles. The van der Waals surface area contributed by atoms with Gasteiger partial charge in [-0.2, -0.15) is 5.10 Å². The van der Waals surface area contributed by atoms with Crippen molar-refractivity contribution < 1.29 is 9.47 Å². The third kappa shape index (κ3) is 2.94. The number of hydrazone groups is 1. The number of nitrogens with one attached hydrogen (secondary N) is 1. The van der Waals surface area contributed by atoms with Gasteiger partial charge in [-0.1, -0.05) is 42.1 Å². The van der Waals surface area contributed by atoms with E-state index in [9.17, 15) is 0 Å². The van der Waals surface area contributed by atoms with Crippen LogP contribution in [-0.2, 0) is 0 Å². The second-order valence-corrected chi connectivity index (χ2v) is 5.47. The van der Waals surface area contributed by atoms with Gasteiger partial charge in [0.05, 0.1) is 19.9 Å². The zero-order chi connectivity index (χ0) is 15.4. The Kier molecular flexibility index (Phi) is 4.34. The lowest BCUT2D eigenvalue weighted by Crippen LogP contribution is -2.12. The number of hydrogen-bond donors (Lipinski definition) is 1. The second-order valence-electron chi connectivity index (χ2n) is 4.61. The average Bonchev–Trinajstić information content (AvgIpc) is 2.62. The Labute approximate surface area is 133 Å². The van der Waals surface area contributed by atoms with Gasteiger partial charge in [0.2, 0.25) is 0 Å². The largest absolute Gasteiger partial charge is 0.493 e. The van der Waals surface area contributed by atoms with Crippen molar-refractivity contribution in [2.24, 2.45) is 5.10 Å². The molecule has 2 aromatic carbocycles. The molecular formula is C17H16N2O2S. The molecule has 2 aromatic rings. The standard InChI is InChI=1S/C17H16N2O2S/c1-20-15-9-8-13(10-16(15)21-2)14-11-22-17(19-18-14)12-6-4-3-5-7-12/h3-11,18H,1-2H3. The van der Waals surface area contributed by atoms with Gasteiger partial charge in [-0.25, -0.2) is 0 Å². The van der Waals surface area contributed by atoms with Gasteiger partial charge in [-0.05, 0) is 18.2 Å². The minimum Gasteiger partial charge on any atom is -0.493 e. The number of hydrogen-bond acceptors (Lipinski definition) is 5. The molecule has 0 saturated heterocycles. The van der Waals surface area contributed by atoms with E-state index in [4.69, 9.17) is 9.47 Å². The first-order chi connectivity index (χ1) is 10.8. The Hall–Kier alpha value is -2.40. The molecule has 112 valence electrons. The van der Waals surface area contributed by atoms with Gasteiger partial charge >= 0.3 is 0 Å². The maximum atomic E-state index is 5.34. The minimum absolute atomic E-state index is 0.700. The number of rotatable bonds is 4. The Bertz CT molecular complexity index is 727. The highest BCUT2D eigenvalue weighted by atomic mass is 32.2. The van der Waals surface area contributed by atoms with Gasteiger partial charge in [0.15, 0.2) is 11.5 Å². The maximum Gasteiger partial charge on any atom is 0.161 e. The van der Waals surface area contributed by atoms with Crippen molar-refractivity contribution in [1.29, 1.82) is 0 Å². The quantitative estimate of drug-likeness (QED) is 0.935. The van der Waals surface area contributed by atoms with Crippen molar-refractivity contribution in [3.63, 3.8) is 0 Å². The van der Waals surface area contributed by atoms with Crippen molar-refractivity contribution in [1.82, 2.24) is 5.43 Å². The number of nitrogens with zero attached hydrogens (tertiary/aromatic N) is 1. The van der Waals surface area contributed by atoms with E-state index in [2.05, 4.69) is 15.9 Å². The van der Waals surface area contributed by atoms with E-state index in [1.807, 2.05) is 48.5 Å². The second kappa shape index (κ2) is 6.58. The van der Waals surface area contributed by atoms with Crippen LogP contribution < -0.4 is 14.9 Å². The molecule has 22 heavy (non-hydrogen) atoms. The van der Waals surface area contributed by atoms with Gasteiger partial charge in [-0.15, -0.1) is 0 Å². The number of ether oxygens (including phenoxy) is 2. The van der Waals surface area contributed by atoms with Crippen LogP contribution in [-0.4, -0.2) is 19.3 Å². The normalized spacial score (nSPS) is 13.7. The van der Waals surface area contributed by atoms with Gasteiger partial charge in [0, 0.05) is 16.5 Å². The molecule has 1 aliphatic heterocycles. The summed E-state index contributed by atoms with van der Waals surface area (Å²) in [5, 5.41) is 7.45. The van der Waals surface area contributed by atoms with E-state index in [0.717, 1.165) is 21.9 Å². The summed E-state index contributed by atoms with van der Waals surface area (Å²) < 4.78 is 10.6. The van der Waals surface area contributed by atoms with Gasteiger partial charge in [-0.3, -0.25) is 5.43 Å². The van der Waals surface area contributed by atoms with Crippen molar-refractivity contribution in [2.45, 2.75) is 0 Å². The molecule has 1 N–H and O–H groups in total. The molecule has 1 aliphatic rings. The third-order valence-corrected chi connectivity index (χ3v) is 4.19. The van der Waals surface area contributed by atoms with E-state index < -0.39 is 0 Å². The van der Waals surface area contributed by atoms with Crippen molar-refractivity contribution in [3.8, 4) is 11.5 Å². The van der Waals surface area contributed by atoms with E-state index >= 15 is 0 Å². The highest BCUT2D eigenvalue weighted by Crippen LogP contribution is 2.32. The smallest absolute Gasteiger partial charge is 0.161 e. The van der Waals surface area contributed by atoms with E-state index in [-0.39, 0.29) is 0 Å². The summed E-state index contributed by atoms with van der Waals surface area (Å²) in [6.07, 6.45) is 0. The average molecular weight is 312 g/mol. The molecule has 0 spiro atoms. The van der Waals surface area contributed by atoms with Crippen molar-refractivity contribution in [2.75, 3.05) is 14.2 Å². The van der Waals surface area contributed by atoms with Crippen LogP contribution in [0.25, 0.3) is 5.70 Å². The highest BCUT2D eigenvalue weighted by Gasteiger charge is 2.13. The van der Waals surface area contributed by atoms with Gasteiger partial charge in [0.25, 0.3) is 0 Å². The summed E-state index contributed by atoms with van der Waals surface area (Å²) in [7, 11) is 3.26. The van der Waals surface area contributed by atoms with Crippen LogP contribution in [0.5, 0.6) is 11.5 Å². The van der Waals surface area contributed by atoms with E-state index in [0.29, 0.717) is 11.5 Å². The molecule has 0 unspecified atom stereocenters. The zero-order valence-corrected chi connectivity index (χ0v) is 13.2. The Morgan fingerprint density at radius 3 is 2.32 bits per heavy atom. The van der Waals surface area contributed by atoms with Crippen LogP contribution in [0.4, 0.5) is 0 Å². The summed E-state index contributed by atoms with van der Waals surface area (Å²) in [5.74, 6) is 1.41. The highest BCUT2D eigenvalue weighted by molar-refractivity contribution is 8.17. The van der Waals surface area contributed by atoms with E-state index in [1.165, 1.54) is 0 Å². The molecule has 0 saturated carbocycles. The first kappa shape index (κ1) is 14.5. The lowest BCUT2D eigenvalue weighted by molar-refractivity contribution is 0.355. The van der Waals surface area contributed by atoms with Crippen LogP contribution in [0.3, 0.4) is 0 Å². The molecule has 3 rings (SSSR count). The molecule has 1 heterocycles. The Morgan fingerprint density at radius 2 is 1.68 bits per heavy atom. The van der Waals surface area contributed by atoms with Crippen LogP contribution in [0.1, 0.15) is 11.1 Å². The molecule has 0 aromatic heterocycles. The fourth-order valence-corrected chi connectivity index (χ4v) is 2.92. The topological polar surface area (TPSA) is 42.8 Å². The predicted octanol–water partition coefficient (Wildman–Crippen LogP) is 3.70. The fourth-order valence-electron chi connectivity index (χ4n) is 2.13. The Balaban J connectivity index is 1.80. The maximum absolute atomic E-state index is 5.34. The lowest BCUT2D eigenvalue weighted by atomic mass is 10.1. The monoisotopic (exact) mass is 312 g/mol. The summed E-state index contributed by atoms with van der Waals surface area (Å²) >= 11 is 1.60. The number of benzene rings is 2. The van der Waals surface area contributed by atoms with Crippen molar-refractivity contribution in [3.05, 3.63) is 65.1 Å². The van der Waals surface area contributed by atoms with Crippen LogP contribution in [0.2, 0.25) is 0 Å². The third-order valence-electron chi connectivity index (χ3n) is 3.28. The first-order valence-corrected chi connectivity index (χ1v) is 7.68. The number of methoxy groups -OCH3 is 2. The minimum atomic E-state index is 0.700. The fraction of sp³-hybridized carbons (Fsp3) is 0.118. The summed E-state index contributed by atoms with van der Waals surface area (Å²) in [6, 6.07) is 15.9. The van der Waals surface area contributed by atoms with Crippen molar-refractivity contribution >= 4 is 22.5 Å².